The van der Waals surface area contributed by atoms with E-state index in [1.165, 1.54) is 22.8 Å². The molecule has 0 N–H and O–H groups in total. The van der Waals surface area contributed by atoms with Gasteiger partial charge in [0.15, 0.2) is 0 Å². The number of likely N-dealkylation sites (N-methyl/N-ethyl adjacent to an activating group) is 1. The maximum Gasteiger partial charge on any atom is 0.327 e. The number of piperidine rings is 1. The molecule has 25 heavy (non-hydrogen) atoms. The maximum absolute atomic E-state index is 13.2. The van der Waals surface area contributed by atoms with Crippen LogP contribution in [-0.2, 0) is 11.3 Å². The quantitative estimate of drug-likeness (QED) is 0.778. The van der Waals surface area contributed by atoms with Crippen molar-refractivity contribution in [2.75, 3.05) is 31.6 Å². The second-order valence-corrected chi connectivity index (χ2v) is 8.45. The zero-order valence-electron chi connectivity index (χ0n) is 14.7. The molecule has 1 spiro atoms. The fraction of sp³-hybridized carbons (Fsp3) is 0.579. The SMILES string of the molecule is CN1C(=O)N(Cc2ccccc2)C(=O)C12CCN(C1CCSC1)CC2. The van der Waals surface area contributed by atoms with E-state index < -0.39 is 5.54 Å². The highest BCUT2D eigenvalue weighted by Crippen LogP contribution is 2.38. The maximum atomic E-state index is 13.2. The average molecular weight is 359 g/mol. The first-order chi connectivity index (χ1) is 12.1. The van der Waals surface area contributed by atoms with Crippen molar-refractivity contribution >= 4 is 23.7 Å². The first-order valence-electron chi connectivity index (χ1n) is 9.07. The van der Waals surface area contributed by atoms with E-state index in [0.29, 0.717) is 12.6 Å². The van der Waals surface area contributed by atoms with E-state index in [2.05, 4.69) is 4.90 Å². The second-order valence-electron chi connectivity index (χ2n) is 7.30. The first-order valence-corrected chi connectivity index (χ1v) is 10.2. The lowest BCUT2D eigenvalue weighted by atomic mass is 9.85. The lowest BCUT2D eigenvalue weighted by molar-refractivity contribution is -0.135. The number of urea groups is 1. The molecule has 4 rings (SSSR count). The first kappa shape index (κ1) is 16.9. The Labute approximate surface area is 153 Å². The second kappa shape index (κ2) is 6.65. The largest absolute Gasteiger partial charge is 0.327 e. The summed E-state index contributed by atoms with van der Waals surface area (Å²) in [7, 11) is 1.80. The van der Waals surface area contributed by atoms with E-state index in [1.54, 1.807) is 11.9 Å². The molecule has 134 valence electrons. The molecule has 3 saturated heterocycles. The van der Waals surface area contributed by atoms with Crippen molar-refractivity contribution < 1.29 is 9.59 Å². The Morgan fingerprint density at radius 2 is 1.88 bits per heavy atom. The molecule has 1 aromatic carbocycles. The molecule has 3 amide bonds. The summed E-state index contributed by atoms with van der Waals surface area (Å²) in [5.41, 5.74) is 0.365. The van der Waals surface area contributed by atoms with E-state index >= 15 is 0 Å². The normalized spacial score (nSPS) is 26.8. The van der Waals surface area contributed by atoms with E-state index in [1.807, 2.05) is 42.1 Å². The van der Waals surface area contributed by atoms with Crippen LogP contribution in [0.3, 0.4) is 0 Å². The number of benzene rings is 1. The highest BCUT2D eigenvalue weighted by Gasteiger charge is 2.56. The summed E-state index contributed by atoms with van der Waals surface area (Å²) < 4.78 is 0. The average Bonchev–Trinajstić information content (AvgIpc) is 3.24. The summed E-state index contributed by atoms with van der Waals surface area (Å²) >= 11 is 2.02. The fourth-order valence-corrected chi connectivity index (χ4v) is 5.62. The molecule has 0 aromatic heterocycles. The van der Waals surface area contributed by atoms with Gasteiger partial charge in [0.25, 0.3) is 5.91 Å². The molecule has 6 heteroatoms. The minimum atomic E-state index is -0.631. The molecular weight excluding hydrogens is 334 g/mol. The number of imide groups is 1. The molecule has 0 bridgehead atoms. The standard InChI is InChI=1S/C19H25N3O2S/c1-20-18(24)22(13-15-5-3-2-4-6-15)17(23)19(20)8-10-21(11-9-19)16-7-12-25-14-16/h2-6,16H,7-14H2,1H3. The van der Waals surface area contributed by atoms with Crippen LogP contribution in [0.1, 0.15) is 24.8 Å². The van der Waals surface area contributed by atoms with Gasteiger partial charge in [0.05, 0.1) is 6.54 Å². The fourth-order valence-electron chi connectivity index (χ4n) is 4.37. The third kappa shape index (κ3) is 2.85. The van der Waals surface area contributed by atoms with Gasteiger partial charge in [-0.1, -0.05) is 30.3 Å². The van der Waals surface area contributed by atoms with E-state index in [0.717, 1.165) is 31.5 Å². The Morgan fingerprint density at radius 1 is 1.16 bits per heavy atom. The molecule has 1 atom stereocenters. The van der Waals surface area contributed by atoms with Crippen molar-refractivity contribution in [2.45, 2.75) is 37.4 Å². The highest BCUT2D eigenvalue weighted by molar-refractivity contribution is 7.99. The number of likely N-dealkylation sites (tertiary alicyclic amines) is 1. The van der Waals surface area contributed by atoms with Gasteiger partial charge in [0.1, 0.15) is 5.54 Å². The molecule has 3 fully saturated rings. The van der Waals surface area contributed by atoms with Gasteiger partial charge in [-0.05, 0) is 30.6 Å². The lowest BCUT2D eigenvalue weighted by Crippen LogP contribution is -2.57. The summed E-state index contributed by atoms with van der Waals surface area (Å²) in [6.45, 7) is 2.19. The van der Waals surface area contributed by atoms with Gasteiger partial charge < -0.3 is 4.90 Å². The Bertz CT molecular complexity index is 652. The molecule has 3 aliphatic heterocycles. The molecule has 0 saturated carbocycles. The van der Waals surface area contributed by atoms with Gasteiger partial charge >= 0.3 is 6.03 Å². The minimum Gasteiger partial charge on any atom is -0.312 e. The lowest BCUT2D eigenvalue weighted by Gasteiger charge is -2.42. The predicted molar refractivity (Wildman–Crippen MR) is 99.4 cm³/mol. The number of hydrogen-bond acceptors (Lipinski definition) is 4. The number of thioether (sulfide) groups is 1. The smallest absolute Gasteiger partial charge is 0.312 e. The highest BCUT2D eigenvalue weighted by atomic mass is 32.2. The van der Waals surface area contributed by atoms with Gasteiger partial charge in [-0.15, -0.1) is 0 Å². The molecule has 1 aromatic rings. The molecule has 1 unspecified atom stereocenters. The van der Waals surface area contributed by atoms with Crippen LogP contribution in [0.5, 0.6) is 0 Å². The summed E-state index contributed by atoms with van der Waals surface area (Å²) in [5, 5.41) is 0. The van der Waals surface area contributed by atoms with Crippen LogP contribution in [-0.4, -0.2) is 69.9 Å². The van der Waals surface area contributed by atoms with Crippen molar-refractivity contribution in [1.82, 2.24) is 14.7 Å². The van der Waals surface area contributed by atoms with Gasteiger partial charge in [0.2, 0.25) is 0 Å². The molecule has 0 radical (unpaired) electrons. The predicted octanol–water partition coefficient (Wildman–Crippen LogP) is 2.42. The number of amides is 3. The van der Waals surface area contributed by atoms with Crippen LogP contribution in [0.15, 0.2) is 30.3 Å². The van der Waals surface area contributed by atoms with Gasteiger partial charge in [0, 0.05) is 31.9 Å². The molecule has 3 heterocycles. The third-order valence-corrected chi connectivity index (χ3v) is 7.18. The van der Waals surface area contributed by atoms with Crippen LogP contribution >= 0.6 is 11.8 Å². The Morgan fingerprint density at radius 3 is 2.52 bits per heavy atom. The number of carbonyl (C=O) groups excluding carboxylic acids is 2. The van der Waals surface area contributed by atoms with E-state index in [4.69, 9.17) is 0 Å². The summed E-state index contributed by atoms with van der Waals surface area (Å²) in [5.74, 6) is 2.44. The minimum absolute atomic E-state index is 0.00991. The van der Waals surface area contributed by atoms with Crippen LogP contribution in [0.2, 0.25) is 0 Å². The Hall–Kier alpha value is -1.53. The van der Waals surface area contributed by atoms with Crippen molar-refractivity contribution in [3.05, 3.63) is 35.9 Å². The van der Waals surface area contributed by atoms with Crippen LogP contribution < -0.4 is 0 Å². The monoisotopic (exact) mass is 359 g/mol. The van der Waals surface area contributed by atoms with Crippen LogP contribution in [0.25, 0.3) is 0 Å². The topological polar surface area (TPSA) is 43.9 Å². The van der Waals surface area contributed by atoms with Gasteiger partial charge in [-0.25, -0.2) is 4.79 Å². The number of rotatable bonds is 3. The zero-order chi connectivity index (χ0) is 17.4. The summed E-state index contributed by atoms with van der Waals surface area (Å²) in [4.78, 5) is 31.6. The Kier molecular flexibility index (Phi) is 4.50. The van der Waals surface area contributed by atoms with Gasteiger partial charge in [-0.3, -0.25) is 14.6 Å². The number of hydrogen-bond donors (Lipinski definition) is 0. The van der Waals surface area contributed by atoms with Crippen LogP contribution in [0.4, 0.5) is 4.79 Å². The van der Waals surface area contributed by atoms with E-state index in [9.17, 15) is 9.59 Å². The summed E-state index contributed by atoms with van der Waals surface area (Å²) in [6.07, 6.45) is 2.75. The van der Waals surface area contributed by atoms with Crippen molar-refractivity contribution in [3.8, 4) is 0 Å². The number of nitrogens with zero attached hydrogens (tertiary/aromatic N) is 3. The zero-order valence-corrected chi connectivity index (χ0v) is 15.5. The Balaban J connectivity index is 1.49. The molecular formula is C19H25N3O2S. The van der Waals surface area contributed by atoms with E-state index in [-0.39, 0.29) is 11.9 Å². The number of carbonyl (C=O) groups is 2. The molecule has 3 aliphatic rings. The van der Waals surface area contributed by atoms with Crippen molar-refractivity contribution in [1.29, 1.82) is 0 Å². The van der Waals surface area contributed by atoms with Crippen LogP contribution in [0, 0.1) is 0 Å². The van der Waals surface area contributed by atoms with Gasteiger partial charge in [-0.2, -0.15) is 11.8 Å². The third-order valence-electron chi connectivity index (χ3n) is 6.03. The van der Waals surface area contributed by atoms with Crippen molar-refractivity contribution in [3.63, 3.8) is 0 Å². The molecule has 0 aliphatic carbocycles. The molecule has 5 nitrogen and oxygen atoms in total. The van der Waals surface area contributed by atoms with Crippen molar-refractivity contribution in [2.24, 2.45) is 0 Å². The summed E-state index contributed by atoms with van der Waals surface area (Å²) in [6, 6.07) is 10.3.